The Balaban J connectivity index is 0.00000208. The van der Waals surface area contributed by atoms with Gasteiger partial charge in [-0.1, -0.05) is 19.3 Å². The Morgan fingerprint density at radius 3 is 2.42 bits per heavy atom. The van der Waals surface area contributed by atoms with Gasteiger partial charge in [0.15, 0.2) is 0 Å². The summed E-state index contributed by atoms with van der Waals surface area (Å²) < 4.78 is -0.586. The number of fused-ring (bicyclic) bond motifs is 1. The number of nitrogens with two attached hydrogens (primary N) is 1. The third-order valence-electron chi connectivity index (χ3n) is 5.16. The van der Waals surface area contributed by atoms with Crippen LogP contribution in [-0.2, 0) is 14.4 Å². The Labute approximate surface area is 167 Å². The van der Waals surface area contributed by atoms with Crippen molar-refractivity contribution in [3.63, 3.8) is 0 Å². The molecule has 0 aromatic rings. The van der Waals surface area contributed by atoms with Crippen LogP contribution in [0.2, 0.25) is 0 Å². The number of hydrogen-bond donors (Lipinski definition) is 3. The molecule has 1 aliphatic carbocycles. The van der Waals surface area contributed by atoms with E-state index in [1.54, 1.807) is 0 Å². The van der Waals surface area contributed by atoms with Crippen molar-refractivity contribution in [2.75, 3.05) is 0 Å². The van der Waals surface area contributed by atoms with Crippen LogP contribution in [0, 0.1) is 0 Å². The first-order valence-corrected chi connectivity index (χ1v) is 8.88. The Morgan fingerprint density at radius 1 is 1.29 bits per heavy atom. The fourth-order valence-electron chi connectivity index (χ4n) is 3.84. The number of β-lactam (4-membered cyclic amide) rings is 1. The quantitative estimate of drug-likeness (QED) is 0.465. The molecule has 3 rings (SSSR count). The SMILES string of the molecule is CC1(C)S[C@@H]2[C@H](NC(=O)C3(N)CCCCC3)C(=O)N2[C@H]1C(=O)O.[NaH]. The predicted octanol–water partition coefficient (Wildman–Crippen LogP) is -0.369. The second kappa shape index (κ2) is 6.79. The number of carbonyl (C=O) groups is 3. The molecule has 0 unspecified atom stereocenters. The van der Waals surface area contributed by atoms with Crippen molar-refractivity contribution in [3.8, 4) is 0 Å². The molecule has 2 amide bonds. The number of nitrogens with zero attached hydrogens (tertiary/aromatic N) is 1. The van der Waals surface area contributed by atoms with Crippen LogP contribution < -0.4 is 11.1 Å². The van der Waals surface area contributed by atoms with Crippen LogP contribution in [-0.4, -0.2) is 85.1 Å². The molecular weight excluding hydrogens is 341 g/mol. The number of carboxylic acid groups (broad SMARTS) is 1. The zero-order valence-electron chi connectivity index (χ0n) is 13.4. The van der Waals surface area contributed by atoms with Gasteiger partial charge in [-0.05, 0) is 26.7 Å². The van der Waals surface area contributed by atoms with Crippen LogP contribution in [0.4, 0.5) is 0 Å². The van der Waals surface area contributed by atoms with E-state index in [9.17, 15) is 19.5 Å². The summed E-state index contributed by atoms with van der Waals surface area (Å²) in [7, 11) is 0. The molecule has 0 spiro atoms. The normalized spacial score (nSPS) is 33.0. The number of carbonyl (C=O) groups excluding carboxylic acids is 2. The Morgan fingerprint density at radius 2 is 1.88 bits per heavy atom. The summed E-state index contributed by atoms with van der Waals surface area (Å²) in [4.78, 5) is 37.7. The molecule has 9 heteroatoms. The summed E-state index contributed by atoms with van der Waals surface area (Å²) >= 11 is 1.42. The van der Waals surface area contributed by atoms with Crippen LogP contribution >= 0.6 is 11.8 Å². The number of amides is 2. The van der Waals surface area contributed by atoms with E-state index in [2.05, 4.69) is 5.32 Å². The fraction of sp³-hybridized carbons (Fsp3) is 0.800. The standard InChI is InChI=1S/C15H23N3O4S.Na.H/c1-14(2)9(12(20)21)18-10(19)8(11(18)23-14)17-13(22)15(16)6-4-3-5-7-15;;/h8-9,11H,3-7,16H2,1-2H3,(H,17,22)(H,20,21);;/t8-,9+,11-;;/m1../s1. The molecule has 24 heavy (non-hydrogen) atoms. The summed E-state index contributed by atoms with van der Waals surface area (Å²) in [5.74, 6) is -1.62. The number of carboxylic acids is 1. The topological polar surface area (TPSA) is 113 Å². The van der Waals surface area contributed by atoms with Crippen LogP contribution in [0.5, 0.6) is 0 Å². The minimum atomic E-state index is -1.01. The number of aliphatic carboxylic acids is 1. The van der Waals surface area contributed by atoms with Gasteiger partial charge in [-0.3, -0.25) is 9.59 Å². The zero-order chi connectivity index (χ0) is 17.0. The van der Waals surface area contributed by atoms with Crippen LogP contribution in [0.1, 0.15) is 46.0 Å². The molecule has 3 fully saturated rings. The van der Waals surface area contributed by atoms with E-state index >= 15 is 0 Å². The Kier molecular flexibility index (Phi) is 5.67. The van der Waals surface area contributed by atoms with Gasteiger partial charge in [-0.15, -0.1) is 11.8 Å². The van der Waals surface area contributed by atoms with E-state index in [0.717, 1.165) is 19.3 Å². The Bertz CT molecular complexity index is 565. The molecule has 2 aliphatic heterocycles. The molecule has 4 N–H and O–H groups in total. The monoisotopic (exact) mass is 365 g/mol. The predicted molar refractivity (Wildman–Crippen MR) is 92.8 cm³/mol. The average Bonchev–Trinajstić information content (AvgIpc) is 2.73. The molecule has 0 aromatic heterocycles. The van der Waals surface area contributed by atoms with Gasteiger partial charge in [0.2, 0.25) is 11.8 Å². The van der Waals surface area contributed by atoms with Crippen molar-refractivity contribution < 1.29 is 19.5 Å². The van der Waals surface area contributed by atoms with Gasteiger partial charge in [0.05, 0.1) is 5.54 Å². The van der Waals surface area contributed by atoms with E-state index < -0.39 is 28.3 Å². The van der Waals surface area contributed by atoms with Gasteiger partial charge in [0, 0.05) is 4.75 Å². The third-order valence-corrected chi connectivity index (χ3v) is 6.73. The van der Waals surface area contributed by atoms with Crippen LogP contribution in [0.15, 0.2) is 0 Å². The van der Waals surface area contributed by atoms with Crippen LogP contribution in [0.3, 0.4) is 0 Å². The van der Waals surface area contributed by atoms with Crippen LogP contribution in [0.25, 0.3) is 0 Å². The van der Waals surface area contributed by atoms with E-state index in [0.29, 0.717) is 12.8 Å². The molecule has 2 saturated heterocycles. The maximum absolute atomic E-state index is 12.5. The van der Waals surface area contributed by atoms with Gasteiger partial charge in [0.25, 0.3) is 0 Å². The molecule has 0 radical (unpaired) electrons. The van der Waals surface area contributed by atoms with Crippen molar-refractivity contribution in [1.82, 2.24) is 10.2 Å². The number of thioether (sulfide) groups is 1. The molecule has 1 saturated carbocycles. The van der Waals surface area contributed by atoms with Gasteiger partial charge in [-0.2, -0.15) is 0 Å². The number of nitrogens with one attached hydrogen (secondary N) is 1. The van der Waals surface area contributed by atoms with Gasteiger partial charge >= 0.3 is 35.5 Å². The van der Waals surface area contributed by atoms with E-state index in [4.69, 9.17) is 5.73 Å². The molecule has 3 atom stereocenters. The molecule has 2 heterocycles. The summed E-state index contributed by atoms with van der Waals surface area (Å²) in [5.41, 5.74) is 5.30. The number of hydrogen-bond acceptors (Lipinski definition) is 5. The molecule has 130 valence electrons. The summed E-state index contributed by atoms with van der Waals surface area (Å²) in [6.07, 6.45) is 4.17. The first kappa shape index (κ1) is 20.0. The van der Waals surface area contributed by atoms with Gasteiger partial charge < -0.3 is 21.1 Å². The summed E-state index contributed by atoms with van der Waals surface area (Å²) in [5, 5.41) is 11.8. The van der Waals surface area contributed by atoms with Crippen molar-refractivity contribution in [2.24, 2.45) is 5.73 Å². The van der Waals surface area contributed by atoms with E-state index in [1.165, 1.54) is 16.7 Å². The van der Waals surface area contributed by atoms with Crippen molar-refractivity contribution >= 4 is 59.1 Å². The molecular formula is C15H24N3NaO4S. The Hall–Kier alpha value is -0.280. The molecule has 0 aromatic carbocycles. The van der Waals surface area contributed by atoms with Crippen molar-refractivity contribution in [3.05, 3.63) is 0 Å². The minimum absolute atomic E-state index is 0. The van der Waals surface area contributed by atoms with Gasteiger partial charge in [-0.25, -0.2) is 4.79 Å². The van der Waals surface area contributed by atoms with Gasteiger partial charge in [0.1, 0.15) is 17.5 Å². The maximum atomic E-state index is 12.5. The summed E-state index contributed by atoms with van der Waals surface area (Å²) in [6, 6.07) is -1.53. The van der Waals surface area contributed by atoms with Crippen molar-refractivity contribution in [1.29, 1.82) is 0 Å². The molecule has 3 aliphatic rings. The second-order valence-corrected chi connectivity index (χ2v) is 9.04. The number of rotatable bonds is 3. The summed E-state index contributed by atoms with van der Waals surface area (Å²) in [6.45, 7) is 3.62. The second-order valence-electron chi connectivity index (χ2n) is 7.27. The average molecular weight is 365 g/mol. The van der Waals surface area contributed by atoms with Crippen molar-refractivity contribution in [2.45, 2.75) is 73.7 Å². The van der Waals surface area contributed by atoms with E-state index in [-0.39, 0.29) is 46.7 Å². The fourth-order valence-corrected chi connectivity index (χ4v) is 5.47. The first-order chi connectivity index (χ1) is 10.7. The molecule has 0 bridgehead atoms. The third kappa shape index (κ3) is 3.11. The first-order valence-electron chi connectivity index (χ1n) is 8.00. The van der Waals surface area contributed by atoms with E-state index in [1.807, 2.05) is 13.8 Å². The zero-order valence-corrected chi connectivity index (χ0v) is 14.2. The molecule has 7 nitrogen and oxygen atoms in total.